The third kappa shape index (κ3) is 3.33. The topological polar surface area (TPSA) is 102 Å². The molecular weight excluding hydrogens is 358 g/mol. The lowest BCUT2D eigenvalue weighted by Gasteiger charge is -2.12. The summed E-state index contributed by atoms with van der Waals surface area (Å²) in [5.74, 6) is 0.436. The van der Waals surface area contributed by atoms with Crippen LogP contribution in [0.5, 0.6) is 11.5 Å². The lowest BCUT2D eigenvalue weighted by Crippen LogP contribution is -2.38. The molecule has 0 bridgehead atoms. The molecule has 0 saturated carbocycles. The predicted molar refractivity (Wildman–Crippen MR) is 99.6 cm³/mol. The molecule has 0 atom stereocenters. The molecule has 2 heterocycles. The summed E-state index contributed by atoms with van der Waals surface area (Å²) in [6, 6.07) is 6.62. The molecule has 0 fully saturated rings. The fourth-order valence-corrected chi connectivity index (χ4v) is 3.45. The van der Waals surface area contributed by atoms with Crippen molar-refractivity contribution in [3.8, 4) is 11.5 Å². The van der Waals surface area contributed by atoms with Gasteiger partial charge in [0.15, 0.2) is 0 Å². The van der Waals surface area contributed by atoms with Gasteiger partial charge in [0, 0.05) is 10.9 Å². The van der Waals surface area contributed by atoms with Gasteiger partial charge in [0.05, 0.1) is 25.3 Å². The molecular formula is C17H17N3O5S. The molecule has 0 aliphatic heterocycles. The number of anilines is 1. The lowest BCUT2D eigenvalue weighted by molar-refractivity contribution is -0.116. The summed E-state index contributed by atoms with van der Waals surface area (Å²) in [6.07, 6.45) is 0. The van der Waals surface area contributed by atoms with Crippen LogP contribution in [0.1, 0.15) is 4.88 Å². The monoisotopic (exact) mass is 375 g/mol. The van der Waals surface area contributed by atoms with Crippen LogP contribution in [0, 0.1) is 6.92 Å². The fraction of sp³-hybridized carbons (Fsp3) is 0.235. The lowest BCUT2D eigenvalue weighted by atomic mass is 10.2. The first kappa shape index (κ1) is 17.7. The van der Waals surface area contributed by atoms with Crippen molar-refractivity contribution in [2.24, 2.45) is 0 Å². The van der Waals surface area contributed by atoms with Gasteiger partial charge in [0.1, 0.15) is 22.9 Å². The SMILES string of the molecule is COc1ccc(OC)c(NC(=O)Cn2c(=O)[nH]c3sc(C)cc3c2=O)c1. The number of thiophene rings is 1. The molecule has 3 rings (SSSR count). The van der Waals surface area contributed by atoms with E-state index in [0.29, 0.717) is 27.4 Å². The predicted octanol–water partition coefficient (Wildman–Crippen LogP) is 1.72. The number of hydrogen-bond acceptors (Lipinski definition) is 6. The zero-order valence-corrected chi connectivity index (χ0v) is 15.2. The molecule has 3 aromatic rings. The highest BCUT2D eigenvalue weighted by atomic mass is 32.1. The number of nitrogens with one attached hydrogen (secondary N) is 2. The Morgan fingerprint density at radius 1 is 1.23 bits per heavy atom. The van der Waals surface area contributed by atoms with Crippen molar-refractivity contribution in [1.82, 2.24) is 9.55 Å². The first-order valence-electron chi connectivity index (χ1n) is 7.68. The number of methoxy groups -OCH3 is 2. The van der Waals surface area contributed by atoms with E-state index in [1.54, 1.807) is 24.3 Å². The van der Waals surface area contributed by atoms with E-state index in [4.69, 9.17) is 9.47 Å². The number of fused-ring (bicyclic) bond motifs is 1. The second-order valence-corrected chi connectivity index (χ2v) is 6.79. The number of H-pyrrole nitrogens is 1. The van der Waals surface area contributed by atoms with Crippen molar-refractivity contribution in [3.05, 3.63) is 50.0 Å². The number of amides is 1. The molecule has 26 heavy (non-hydrogen) atoms. The molecule has 0 aliphatic carbocycles. The molecule has 1 amide bonds. The van der Waals surface area contributed by atoms with Gasteiger partial charge in [-0.15, -0.1) is 11.3 Å². The number of ether oxygens (including phenoxy) is 2. The van der Waals surface area contributed by atoms with Gasteiger partial charge in [0.2, 0.25) is 5.91 Å². The molecule has 9 heteroatoms. The summed E-state index contributed by atoms with van der Waals surface area (Å²) in [7, 11) is 2.98. The summed E-state index contributed by atoms with van der Waals surface area (Å²) < 4.78 is 11.2. The number of hydrogen-bond donors (Lipinski definition) is 2. The number of nitrogens with zero attached hydrogens (tertiary/aromatic N) is 1. The van der Waals surface area contributed by atoms with E-state index in [1.165, 1.54) is 25.6 Å². The number of benzene rings is 1. The molecule has 136 valence electrons. The highest BCUT2D eigenvalue weighted by molar-refractivity contribution is 7.18. The molecule has 8 nitrogen and oxygen atoms in total. The number of carbonyl (C=O) groups is 1. The van der Waals surface area contributed by atoms with Crippen LogP contribution in [0.25, 0.3) is 10.2 Å². The van der Waals surface area contributed by atoms with Crippen molar-refractivity contribution in [2.45, 2.75) is 13.5 Å². The summed E-state index contributed by atoms with van der Waals surface area (Å²) in [6.45, 7) is 1.42. The van der Waals surface area contributed by atoms with Gasteiger partial charge in [-0.1, -0.05) is 0 Å². The van der Waals surface area contributed by atoms with Gasteiger partial charge in [-0.25, -0.2) is 4.79 Å². The van der Waals surface area contributed by atoms with Crippen molar-refractivity contribution in [1.29, 1.82) is 0 Å². The number of carbonyl (C=O) groups excluding carboxylic acids is 1. The van der Waals surface area contributed by atoms with E-state index in [1.807, 2.05) is 6.92 Å². The van der Waals surface area contributed by atoms with Crippen LogP contribution >= 0.6 is 11.3 Å². The molecule has 0 aliphatic rings. The van der Waals surface area contributed by atoms with Crippen molar-refractivity contribution in [2.75, 3.05) is 19.5 Å². The molecule has 0 spiro atoms. The zero-order valence-electron chi connectivity index (χ0n) is 14.4. The second-order valence-electron chi connectivity index (χ2n) is 5.54. The van der Waals surface area contributed by atoms with Crippen LogP contribution in [-0.2, 0) is 11.3 Å². The number of aromatic nitrogens is 2. The Morgan fingerprint density at radius 3 is 2.69 bits per heavy atom. The Balaban J connectivity index is 1.91. The smallest absolute Gasteiger partial charge is 0.329 e. The number of rotatable bonds is 5. The minimum Gasteiger partial charge on any atom is -0.497 e. The number of aryl methyl sites for hydroxylation is 1. The quantitative estimate of drug-likeness (QED) is 0.707. The van der Waals surface area contributed by atoms with Gasteiger partial charge in [0.25, 0.3) is 5.56 Å². The highest BCUT2D eigenvalue weighted by Crippen LogP contribution is 2.28. The van der Waals surface area contributed by atoms with Gasteiger partial charge < -0.3 is 14.8 Å². The maximum atomic E-state index is 12.5. The summed E-state index contributed by atoms with van der Waals surface area (Å²) in [4.78, 5) is 41.1. The second kappa shape index (κ2) is 7.04. The van der Waals surface area contributed by atoms with E-state index in [2.05, 4.69) is 10.3 Å². The minimum absolute atomic E-state index is 0.383. The van der Waals surface area contributed by atoms with Crippen molar-refractivity contribution < 1.29 is 14.3 Å². The maximum absolute atomic E-state index is 12.5. The summed E-state index contributed by atoms with van der Waals surface area (Å²) in [5, 5.41) is 3.03. The average molecular weight is 375 g/mol. The minimum atomic E-state index is -0.628. The maximum Gasteiger partial charge on any atom is 0.329 e. The standard InChI is InChI=1S/C17H17N3O5S/c1-9-6-11-15(26-9)19-17(23)20(16(11)22)8-14(21)18-12-7-10(24-2)4-5-13(12)25-3/h4-7H,8H2,1-3H3,(H,18,21)(H,19,23). The van der Waals surface area contributed by atoms with Gasteiger partial charge >= 0.3 is 5.69 Å². The Bertz CT molecular complexity index is 1100. The van der Waals surface area contributed by atoms with Gasteiger partial charge in [-0.05, 0) is 25.1 Å². The Labute approximate surface area is 152 Å². The molecule has 2 N–H and O–H groups in total. The van der Waals surface area contributed by atoms with E-state index < -0.39 is 23.7 Å². The molecule has 0 saturated heterocycles. The molecule has 0 unspecified atom stereocenters. The Hall–Kier alpha value is -3.07. The molecule has 1 aromatic carbocycles. The average Bonchev–Trinajstić information content (AvgIpc) is 2.98. The van der Waals surface area contributed by atoms with Crippen molar-refractivity contribution in [3.63, 3.8) is 0 Å². The van der Waals surface area contributed by atoms with E-state index in [-0.39, 0.29) is 0 Å². The third-order valence-electron chi connectivity index (χ3n) is 3.78. The number of aromatic amines is 1. The van der Waals surface area contributed by atoms with Crippen LogP contribution in [0.2, 0.25) is 0 Å². The van der Waals surface area contributed by atoms with E-state index in [0.717, 1.165) is 9.44 Å². The van der Waals surface area contributed by atoms with Crippen LogP contribution in [0.4, 0.5) is 5.69 Å². The highest BCUT2D eigenvalue weighted by Gasteiger charge is 2.15. The van der Waals surface area contributed by atoms with Gasteiger partial charge in [-0.3, -0.25) is 19.1 Å². The summed E-state index contributed by atoms with van der Waals surface area (Å²) >= 11 is 1.32. The Morgan fingerprint density at radius 2 is 2.00 bits per heavy atom. The van der Waals surface area contributed by atoms with Crippen molar-refractivity contribution >= 4 is 33.1 Å². The van der Waals surface area contributed by atoms with E-state index in [9.17, 15) is 14.4 Å². The first-order valence-corrected chi connectivity index (χ1v) is 8.49. The summed E-state index contributed by atoms with van der Waals surface area (Å²) in [5.41, 5.74) is -0.744. The zero-order chi connectivity index (χ0) is 18.8. The van der Waals surface area contributed by atoms with Crippen LogP contribution in [0.3, 0.4) is 0 Å². The van der Waals surface area contributed by atoms with E-state index >= 15 is 0 Å². The molecule has 2 aromatic heterocycles. The van der Waals surface area contributed by atoms with Crippen LogP contribution in [-0.4, -0.2) is 29.7 Å². The fourth-order valence-electron chi connectivity index (χ4n) is 2.56. The van der Waals surface area contributed by atoms with Crippen LogP contribution in [0.15, 0.2) is 33.9 Å². The largest absolute Gasteiger partial charge is 0.497 e. The Kier molecular flexibility index (Phi) is 4.81. The van der Waals surface area contributed by atoms with Crippen LogP contribution < -0.4 is 26.0 Å². The normalized spacial score (nSPS) is 10.7. The van der Waals surface area contributed by atoms with Gasteiger partial charge in [-0.2, -0.15) is 0 Å². The molecule has 0 radical (unpaired) electrons. The first-order chi connectivity index (χ1) is 12.4. The third-order valence-corrected chi connectivity index (χ3v) is 4.74.